The van der Waals surface area contributed by atoms with Crippen LogP contribution >= 0.6 is 0 Å². The normalized spacial score (nSPS) is 13.1. The molecule has 1 rings (SSSR count). The molecule has 0 aliphatic rings. The fourth-order valence-electron chi connectivity index (χ4n) is 2.79. The van der Waals surface area contributed by atoms with E-state index in [4.69, 9.17) is 5.73 Å². The summed E-state index contributed by atoms with van der Waals surface area (Å²) in [6.45, 7) is 12.0. The number of hydrogen-bond acceptors (Lipinski definition) is 3. The van der Waals surface area contributed by atoms with E-state index in [1.807, 2.05) is 12.1 Å². The van der Waals surface area contributed by atoms with Gasteiger partial charge in [0.2, 0.25) is 0 Å². The maximum absolute atomic E-state index is 14.0. The molecule has 0 heterocycles. The minimum Gasteiger partial charge on any atom is -0.329 e. The van der Waals surface area contributed by atoms with Gasteiger partial charge in [-0.1, -0.05) is 39.0 Å². The summed E-state index contributed by atoms with van der Waals surface area (Å²) in [4.78, 5) is 4.69. The Kier molecular flexibility index (Phi) is 8.50. The summed E-state index contributed by atoms with van der Waals surface area (Å²) in [7, 11) is 0. The first-order chi connectivity index (χ1) is 10.2. The van der Waals surface area contributed by atoms with Crippen LogP contribution in [0.4, 0.5) is 4.39 Å². The molecule has 1 aromatic carbocycles. The molecule has 21 heavy (non-hydrogen) atoms. The Bertz CT molecular complexity index is 393. The molecule has 0 bridgehead atoms. The van der Waals surface area contributed by atoms with Gasteiger partial charge in [-0.15, -0.1) is 0 Å². The van der Waals surface area contributed by atoms with Gasteiger partial charge in [0.15, 0.2) is 0 Å². The van der Waals surface area contributed by atoms with E-state index in [9.17, 15) is 4.39 Å². The molecule has 0 radical (unpaired) electrons. The second-order valence-corrected chi connectivity index (χ2v) is 5.28. The minimum absolute atomic E-state index is 0.0343. The highest BCUT2D eigenvalue weighted by Gasteiger charge is 2.20. The maximum atomic E-state index is 14.0. The van der Waals surface area contributed by atoms with Crippen LogP contribution in [0, 0.1) is 5.82 Å². The quantitative estimate of drug-likeness (QED) is 0.720. The monoisotopic (exact) mass is 295 g/mol. The lowest BCUT2D eigenvalue weighted by Gasteiger charge is -2.31. The first kappa shape index (κ1) is 18.1. The zero-order valence-electron chi connectivity index (χ0n) is 13.7. The average Bonchev–Trinajstić information content (AvgIpc) is 2.52. The van der Waals surface area contributed by atoms with Gasteiger partial charge in [-0.3, -0.25) is 4.90 Å². The predicted molar refractivity (Wildman–Crippen MR) is 87.8 cm³/mol. The second kappa shape index (κ2) is 9.87. The molecule has 3 nitrogen and oxygen atoms in total. The Hall–Kier alpha value is -0.970. The van der Waals surface area contributed by atoms with E-state index in [2.05, 4.69) is 30.6 Å². The molecule has 0 saturated carbocycles. The van der Waals surface area contributed by atoms with Gasteiger partial charge in [-0.2, -0.15) is 0 Å². The first-order valence-electron chi connectivity index (χ1n) is 8.08. The van der Waals surface area contributed by atoms with Crippen LogP contribution in [-0.2, 0) is 0 Å². The average molecular weight is 295 g/mol. The number of benzene rings is 1. The Morgan fingerprint density at radius 3 is 2.24 bits per heavy atom. The molecule has 1 atom stereocenters. The smallest absolute Gasteiger partial charge is 0.128 e. The molecule has 0 aliphatic carbocycles. The second-order valence-electron chi connectivity index (χ2n) is 5.28. The summed E-state index contributed by atoms with van der Waals surface area (Å²) in [6.07, 6.45) is 1.08. The molecule has 0 spiro atoms. The third-order valence-electron chi connectivity index (χ3n) is 4.15. The predicted octanol–water partition coefficient (Wildman–Crippen LogP) is 2.88. The van der Waals surface area contributed by atoms with Gasteiger partial charge in [0.1, 0.15) is 5.82 Å². The summed E-state index contributed by atoms with van der Waals surface area (Å²) in [5, 5.41) is 0. The van der Waals surface area contributed by atoms with Crippen molar-refractivity contribution in [2.45, 2.75) is 33.2 Å². The van der Waals surface area contributed by atoms with Crippen LogP contribution in [0.2, 0.25) is 0 Å². The van der Waals surface area contributed by atoms with Gasteiger partial charge in [-0.25, -0.2) is 4.39 Å². The van der Waals surface area contributed by atoms with Crippen LogP contribution in [0.5, 0.6) is 0 Å². The molecule has 2 N–H and O–H groups in total. The largest absolute Gasteiger partial charge is 0.329 e. The van der Waals surface area contributed by atoms with Crippen molar-refractivity contribution < 1.29 is 4.39 Å². The third-order valence-corrected chi connectivity index (χ3v) is 4.15. The highest BCUT2D eigenvalue weighted by atomic mass is 19.1. The van der Waals surface area contributed by atoms with Crippen LogP contribution < -0.4 is 5.73 Å². The number of hydrogen-bond donors (Lipinski definition) is 1. The summed E-state index contributed by atoms with van der Waals surface area (Å²) in [6, 6.07) is 6.93. The van der Waals surface area contributed by atoms with Crippen LogP contribution in [0.3, 0.4) is 0 Å². The number of nitrogens with two attached hydrogens (primary N) is 1. The third kappa shape index (κ3) is 5.38. The molecule has 0 aromatic heterocycles. The minimum atomic E-state index is -0.157. The van der Waals surface area contributed by atoms with Gasteiger partial charge >= 0.3 is 0 Å². The topological polar surface area (TPSA) is 32.5 Å². The zero-order chi connectivity index (χ0) is 15.7. The Morgan fingerprint density at radius 1 is 1.05 bits per heavy atom. The van der Waals surface area contributed by atoms with Crippen molar-refractivity contribution in [3.05, 3.63) is 35.6 Å². The first-order valence-corrected chi connectivity index (χ1v) is 8.08. The van der Waals surface area contributed by atoms with Crippen molar-refractivity contribution in [1.82, 2.24) is 9.80 Å². The van der Waals surface area contributed by atoms with Gasteiger partial charge in [-0.05, 0) is 38.7 Å². The van der Waals surface area contributed by atoms with Crippen molar-refractivity contribution in [2.75, 3.05) is 39.3 Å². The number of nitrogens with zero attached hydrogens (tertiary/aromatic N) is 2. The summed E-state index contributed by atoms with van der Waals surface area (Å²) in [5.74, 6) is -0.157. The molecule has 0 amide bonds. The van der Waals surface area contributed by atoms with Crippen molar-refractivity contribution in [1.29, 1.82) is 0 Å². The van der Waals surface area contributed by atoms with Crippen molar-refractivity contribution >= 4 is 0 Å². The van der Waals surface area contributed by atoms with Crippen molar-refractivity contribution in [3.8, 4) is 0 Å². The van der Waals surface area contributed by atoms with E-state index in [1.54, 1.807) is 6.07 Å². The lowest BCUT2D eigenvalue weighted by atomic mass is 10.0. The van der Waals surface area contributed by atoms with Crippen molar-refractivity contribution in [3.63, 3.8) is 0 Å². The van der Waals surface area contributed by atoms with Crippen molar-refractivity contribution in [2.24, 2.45) is 5.73 Å². The van der Waals surface area contributed by atoms with E-state index in [-0.39, 0.29) is 11.9 Å². The number of rotatable bonds is 10. The van der Waals surface area contributed by atoms with Gasteiger partial charge in [0.25, 0.3) is 0 Å². The summed E-state index contributed by atoms with van der Waals surface area (Å²) < 4.78 is 14.0. The standard InChI is InChI=1S/C17H30FN3/c1-4-20(5-2)12-9-13-21(6-3)17(14-19)15-10-7-8-11-16(15)18/h7-8,10-11,17H,4-6,9,12-14,19H2,1-3H3. The number of likely N-dealkylation sites (N-methyl/N-ethyl adjacent to an activating group) is 1. The van der Waals surface area contributed by atoms with E-state index in [0.29, 0.717) is 12.1 Å². The van der Waals surface area contributed by atoms with E-state index in [0.717, 1.165) is 39.1 Å². The SMILES string of the molecule is CCN(CC)CCCN(CC)C(CN)c1ccccc1F. The van der Waals surface area contributed by atoms with Crippen LogP contribution in [0.15, 0.2) is 24.3 Å². The molecule has 0 aliphatic heterocycles. The van der Waals surface area contributed by atoms with E-state index in [1.165, 1.54) is 6.07 Å². The fraction of sp³-hybridized carbons (Fsp3) is 0.647. The highest BCUT2D eigenvalue weighted by Crippen LogP contribution is 2.22. The lowest BCUT2D eigenvalue weighted by Crippen LogP contribution is -2.36. The molecule has 0 fully saturated rings. The molecule has 4 heteroatoms. The van der Waals surface area contributed by atoms with Gasteiger partial charge < -0.3 is 10.6 Å². The molecule has 1 unspecified atom stereocenters. The van der Waals surface area contributed by atoms with Crippen LogP contribution in [-0.4, -0.2) is 49.1 Å². The molecule has 1 aromatic rings. The fourth-order valence-corrected chi connectivity index (χ4v) is 2.79. The zero-order valence-corrected chi connectivity index (χ0v) is 13.7. The molecular formula is C17H30FN3. The van der Waals surface area contributed by atoms with E-state index < -0.39 is 0 Å². The Labute approximate surface area is 128 Å². The number of halogens is 1. The highest BCUT2D eigenvalue weighted by molar-refractivity contribution is 5.21. The van der Waals surface area contributed by atoms with Crippen LogP contribution in [0.25, 0.3) is 0 Å². The molecular weight excluding hydrogens is 265 g/mol. The Balaban J connectivity index is 2.66. The summed E-state index contributed by atoms with van der Waals surface area (Å²) >= 11 is 0. The van der Waals surface area contributed by atoms with E-state index >= 15 is 0 Å². The summed E-state index contributed by atoms with van der Waals surface area (Å²) in [5.41, 5.74) is 6.63. The molecule has 120 valence electrons. The van der Waals surface area contributed by atoms with Gasteiger partial charge in [0.05, 0.1) is 0 Å². The Morgan fingerprint density at radius 2 is 1.71 bits per heavy atom. The van der Waals surface area contributed by atoms with Crippen LogP contribution in [0.1, 0.15) is 38.8 Å². The maximum Gasteiger partial charge on any atom is 0.128 e. The van der Waals surface area contributed by atoms with Gasteiger partial charge in [0, 0.05) is 24.7 Å². The lowest BCUT2D eigenvalue weighted by molar-refractivity contribution is 0.190. The molecule has 0 saturated heterocycles.